The molecule has 1 saturated heterocycles. The van der Waals surface area contributed by atoms with E-state index in [1.165, 1.54) is 12.1 Å². The molecule has 1 aromatic carbocycles. The highest BCUT2D eigenvalue weighted by Crippen LogP contribution is 2.49. The van der Waals surface area contributed by atoms with Crippen LogP contribution < -0.4 is 5.73 Å². The second kappa shape index (κ2) is 6.08. The molecule has 0 radical (unpaired) electrons. The van der Waals surface area contributed by atoms with E-state index in [-0.39, 0.29) is 30.9 Å². The summed E-state index contributed by atoms with van der Waals surface area (Å²) < 4.78 is 42.9. The molecule has 2 fully saturated rings. The number of benzene rings is 1. The van der Waals surface area contributed by atoms with Crippen molar-refractivity contribution in [1.82, 2.24) is 4.90 Å². The predicted molar refractivity (Wildman–Crippen MR) is 77.8 cm³/mol. The summed E-state index contributed by atoms with van der Waals surface area (Å²) in [6.45, 7) is 0.764. The lowest BCUT2D eigenvalue weighted by atomic mass is 10.1. The molecule has 1 aliphatic heterocycles. The Kier molecular flexibility index (Phi) is 4.25. The third-order valence-electron chi connectivity index (χ3n) is 4.47. The first-order chi connectivity index (χ1) is 11.3. The van der Waals surface area contributed by atoms with Crippen molar-refractivity contribution < 1.29 is 27.5 Å². The average Bonchev–Trinajstić information content (AvgIpc) is 3.34. The number of rotatable bonds is 3. The van der Waals surface area contributed by atoms with Gasteiger partial charge in [-0.25, -0.2) is 0 Å². The Hall–Kier alpha value is -2.09. The van der Waals surface area contributed by atoms with Gasteiger partial charge in [0.15, 0.2) is 6.10 Å². The molecule has 130 valence electrons. The fourth-order valence-corrected chi connectivity index (χ4v) is 3.01. The number of nitrogens with two attached hydrogens (primary N) is 1. The van der Waals surface area contributed by atoms with E-state index in [0.29, 0.717) is 13.0 Å². The second-order valence-corrected chi connectivity index (χ2v) is 6.11. The van der Waals surface area contributed by atoms with E-state index in [4.69, 9.17) is 10.5 Å². The molecule has 1 saturated carbocycles. The monoisotopic (exact) mass is 342 g/mol. The maximum atomic E-state index is 12.6. The number of morpholine rings is 1. The minimum atomic E-state index is -4.37. The molecule has 2 aliphatic rings. The van der Waals surface area contributed by atoms with Crippen molar-refractivity contribution in [2.24, 2.45) is 11.7 Å². The lowest BCUT2D eigenvalue weighted by molar-refractivity contribution is -0.146. The molecule has 1 heterocycles. The van der Waals surface area contributed by atoms with Gasteiger partial charge in [-0.2, -0.15) is 13.2 Å². The molecule has 2 amide bonds. The zero-order valence-electron chi connectivity index (χ0n) is 12.8. The molecule has 3 rings (SSSR count). The standard InChI is InChI=1S/C16H17F3N2O3/c17-16(18,19)10-3-1-9(2-4-10)11-7-12(11)15(23)21-5-6-24-13(8-21)14(20)22/h1-4,11-13H,5-8H2,(H2,20,22)/t11-,12+,13-/m0/s1. The Bertz CT molecular complexity index is 645. The van der Waals surface area contributed by atoms with Gasteiger partial charge < -0.3 is 15.4 Å². The van der Waals surface area contributed by atoms with Gasteiger partial charge in [-0.05, 0) is 30.0 Å². The first kappa shape index (κ1) is 16.8. The molecule has 1 aromatic rings. The maximum absolute atomic E-state index is 12.6. The molecule has 24 heavy (non-hydrogen) atoms. The summed E-state index contributed by atoms with van der Waals surface area (Å²) in [5.41, 5.74) is 5.22. The van der Waals surface area contributed by atoms with E-state index in [9.17, 15) is 22.8 Å². The van der Waals surface area contributed by atoms with Crippen molar-refractivity contribution in [1.29, 1.82) is 0 Å². The van der Waals surface area contributed by atoms with E-state index in [0.717, 1.165) is 17.7 Å². The van der Waals surface area contributed by atoms with Gasteiger partial charge in [0, 0.05) is 12.5 Å². The van der Waals surface area contributed by atoms with Crippen LogP contribution in [0.1, 0.15) is 23.5 Å². The second-order valence-electron chi connectivity index (χ2n) is 6.11. The predicted octanol–water partition coefficient (Wildman–Crippen LogP) is 1.52. The van der Waals surface area contributed by atoms with E-state index in [1.54, 1.807) is 4.90 Å². The number of ether oxygens (including phenoxy) is 1. The minimum absolute atomic E-state index is 0.0744. The third kappa shape index (κ3) is 3.38. The SMILES string of the molecule is NC(=O)[C@@H]1CN(C(=O)[C@@H]2C[C@H]2c2ccc(C(F)(F)F)cc2)CCO1. The molecule has 0 spiro atoms. The van der Waals surface area contributed by atoms with Crippen molar-refractivity contribution in [2.45, 2.75) is 24.6 Å². The van der Waals surface area contributed by atoms with Crippen LogP contribution in [0.5, 0.6) is 0 Å². The van der Waals surface area contributed by atoms with Gasteiger partial charge in [0.1, 0.15) is 0 Å². The number of carbonyl (C=O) groups is 2. The average molecular weight is 342 g/mol. The topological polar surface area (TPSA) is 72.6 Å². The minimum Gasteiger partial charge on any atom is -0.367 e. The summed E-state index contributed by atoms with van der Waals surface area (Å²) in [6.07, 6.45) is -4.57. The van der Waals surface area contributed by atoms with Crippen LogP contribution in [0.4, 0.5) is 13.2 Å². The lowest BCUT2D eigenvalue weighted by Gasteiger charge is -2.31. The van der Waals surface area contributed by atoms with Crippen LogP contribution in [0.3, 0.4) is 0 Å². The number of carbonyl (C=O) groups excluding carboxylic acids is 2. The van der Waals surface area contributed by atoms with Crippen LogP contribution in [0, 0.1) is 5.92 Å². The summed E-state index contributed by atoms with van der Waals surface area (Å²) in [5.74, 6) is -1.04. The Morgan fingerprint density at radius 1 is 1.21 bits per heavy atom. The third-order valence-corrected chi connectivity index (χ3v) is 4.47. The molecule has 3 atom stereocenters. The van der Waals surface area contributed by atoms with Crippen LogP contribution in [-0.2, 0) is 20.5 Å². The molecule has 8 heteroatoms. The van der Waals surface area contributed by atoms with E-state index in [2.05, 4.69) is 0 Å². The largest absolute Gasteiger partial charge is 0.416 e. The van der Waals surface area contributed by atoms with Crippen molar-refractivity contribution in [2.75, 3.05) is 19.7 Å². The molecular formula is C16H17F3N2O3. The van der Waals surface area contributed by atoms with Crippen LogP contribution >= 0.6 is 0 Å². The van der Waals surface area contributed by atoms with Gasteiger partial charge in [0.25, 0.3) is 0 Å². The van der Waals surface area contributed by atoms with Gasteiger partial charge in [-0.3, -0.25) is 9.59 Å². The van der Waals surface area contributed by atoms with Gasteiger partial charge >= 0.3 is 6.18 Å². The van der Waals surface area contributed by atoms with Crippen LogP contribution in [0.25, 0.3) is 0 Å². The van der Waals surface area contributed by atoms with Gasteiger partial charge in [0.2, 0.25) is 11.8 Å². The molecule has 1 aliphatic carbocycles. The van der Waals surface area contributed by atoms with Crippen molar-refractivity contribution >= 4 is 11.8 Å². The molecule has 0 aromatic heterocycles. The fourth-order valence-electron chi connectivity index (χ4n) is 3.01. The summed E-state index contributed by atoms with van der Waals surface area (Å²) in [4.78, 5) is 25.2. The smallest absolute Gasteiger partial charge is 0.367 e. The first-order valence-corrected chi connectivity index (χ1v) is 7.64. The molecule has 5 nitrogen and oxygen atoms in total. The normalized spacial score (nSPS) is 27.0. The summed E-state index contributed by atoms with van der Waals surface area (Å²) in [7, 11) is 0. The van der Waals surface area contributed by atoms with Crippen molar-refractivity contribution in [3.8, 4) is 0 Å². The summed E-state index contributed by atoms with van der Waals surface area (Å²) in [6, 6.07) is 4.92. The van der Waals surface area contributed by atoms with Crippen LogP contribution in [0.15, 0.2) is 24.3 Å². The highest BCUT2D eigenvalue weighted by atomic mass is 19.4. The Morgan fingerprint density at radius 2 is 1.88 bits per heavy atom. The Balaban J connectivity index is 1.62. The number of nitrogens with zero attached hydrogens (tertiary/aromatic N) is 1. The lowest BCUT2D eigenvalue weighted by Crippen LogP contribution is -2.50. The highest BCUT2D eigenvalue weighted by molar-refractivity contribution is 5.85. The number of alkyl halides is 3. The number of primary amides is 1. The first-order valence-electron chi connectivity index (χ1n) is 7.64. The highest BCUT2D eigenvalue weighted by Gasteiger charge is 2.47. The fraction of sp³-hybridized carbons (Fsp3) is 0.500. The Labute approximate surface area is 136 Å². The van der Waals surface area contributed by atoms with E-state index < -0.39 is 23.8 Å². The van der Waals surface area contributed by atoms with Gasteiger partial charge in [0.05, 0.1) is 18.7 Å². The summed E-state index contributed by atoms with van der Waals surface area (Å²) in [5, 5.41) is 0. The van der Waals surface area contributed by atoms with E-state index in [1.807, 2.05) is 0 Å². The zero-order chi connectivity index (χ0) is 17.5. The van der Waals surface area contributed by atoms with E-state index >= 15 is 0 Å². The maximum Gasteiger partial charge on any atom is 0.416 e. The van der Waals surface area contributed by atoms with Crippen molar-refractivity contribution in [3.05, 3.63) is 35.4 Å². The quantitative estimate of drug-likeness (QED) is 0.905. The van der Waals surface area contributed by atoms with Crippen LogP contribution in [0.2, 0.25) is 0 Å². The number of amides is 2. The molecule has 0 unspecified atom stereocenters. The number of hydrogen-bond acceptors (Lipinski definition) is 3. The summed E-state index contributed by atoms with van der Waals surface area (Å²) >= 11 is 0. The van der Waals surface area contributed by atoms with Gasteiger partial charge in [-0.1, -0.05) is 12.1 Å². The van der Waals surface area contributed by atoms with Crippen LogP contribution in [-0.4, -0.2) is 42.5 Å². The Morgan fingerprint density at radius 3 is 2.46 bits per heavy atom. The molecule has 2 N–H and O–H groups in total. The number of hydrogen-bond donors (Lipinski definition) is 1. The van der Waals surface area contributed by atoms with Gasteiger partial charge in [-0.15, -0.1) is 0 Å². The molecule has 0 bridgehead atoms. The zero-order valence-corrected chi connectivity index (χ0v) is 12.8. The number of halogens is 3. The molecular weight excluding hydrogens is 325 g/mol. The van der Waals surface area contributed by atoms with Crippen molar-refractivity contribution in [3.63, 3.8) is 0 Å².